The van der Waals surface area contributed by atoms with Crippen LogP contribution in [0.25, 0.3) is 0 Å². The van der Waals surface area contributed by atoms with E-state index in [4.69, 9.17) is 23.7 Å². The highest BCUT2D eigenvalue weighted by Crippen LogP contribution is 1.89. The lowest BCUT2D eigenvalue weighted by molar-refractivity contribution is 0.0505. The maximum absolute atomic E-state index is 5.15. The molecule has 5 heteroatoms. The van der Waals surface area contributed by atoms with Crippen molar-refractivity contribution in [1.82, 2.24) is 0 Å². The van der Waals surface area contributed by atoms with Crippen LogP contribution < -0.4 is 0 Å². The van der Waals surface area contributed by atoms with Crippen molar-refractivity contribution in [2.24, 2.45) is 0 Å². The minimum atomic E-state index is 0.538. The van der Waals surface area contributed by atoms with Crippen molar-refractivity contribution < 1.29 is 23.7 Å². The van der Waals surface area contributed by atoms with Crippen molar-refractivity contribution in [3.63, 3.8) is 0 Å². The Morgan fingerprint density at radius 2 is 1.10 bits per heavy atom. The van der Waals surface area contributed by atoms with E-state index in [1.165, 1.54) is 12.5 Å². The number of ether oxygens (including phenoxy) is 5. The molecule has 122 valence electrons. The molecule has 0 rings (SSSR count). The zero-order valence-corrected chi connectivity index (χ0v) is 13.3. The van der Waals surface area contributed by atoms with Crippen LogP contribution in [0.3, 0.4) is 0 Å². The zero-order chi connectivity index (χ0) is 16.3. The van der Waals surface area contributed by atoms with Crippen molar-refractivity contribution in [2.45, 2.75) is 13.8 Å². The van der Waals surface area contributed by atoms with Crippen molar-refractivity contribution in [3.8, 4) is 0 Å². The smallest absolute Gasteiger partial charge is 0.122 e. The molecule has 0 atom stereocenters. The average Bonchev–Trinajstić information content (AvgIpc) is 2.43. The fraction of sp³-hybridized carbons (Fsp3) is 0.500. The van der Waals surface area contributed by atoms with E-state index in [0.717, 1.165) is 0 Å². The Morgan fingerprint density at radius 3 is 1.52 bits per heavy atom. The summed E-state index contributed by atoms with van der Waals surface area (Å²) in [5.74, 6) is 1.42. The molecule has 0 unspecified atom stereocenters. The molecule has 0 aliphatic heterocycles. The molecule has 0 saturated carbocycles. The molecule has 21 heavy (non-hydrogen) atoms. The summed E-state index contributed by atoms with van der Waals surface area (Å²) in [5.41, 5.74) is 0. The summed E-state index contributed by atoms with van der Waals surface area (Å²) in [7, 11) is 0. The van der Waals surface area contributed by atoms with Gasteiger partial charge in [-0.25, -0.2) is 0 Å². The highest BCUT2D eigenvalue weighted by molar-refractivity contribution is 4.73. The Bertz CT molecular complexity index is 286. The van der Waals surface area contributed by atoms with Gasteiger partial charge in [-0.2, -0.15) is 0 Å². The molecule has 0 aromatic heterocycles. The number of hydrogen-bond donors (Lipinski definition) is 0. The van der Waals surface area contributed by atoms with Crippen LogP contribution in [-0.2, 0) is 23.7 Å². The lowest BCUT2D eigenvalue weighted by Gasteiger charge is -2.05. The maximum Gasteiger partial charge on any atom is 0.122 e. The van der Waals surface area contributed by atoms with E-state index in [0.29, 0.717) is 51.2 Å². The van der Waals surface area contributed by atoms with Crippen LogP contribution >= 0.6 is 0 Å². The van der Waals surface area contributed by atoms with Gasteiger partial charge in [-0.1, -0.05) is 26.3 Å². The molecule has 0 saturated heterocycles. The van der Waals surface area contributed by atoms with Crippen LogP contribution in [0.5, 0.6) is 0 Å². The second-order valence-corrected chi connectivity index (χ2v) is 3.79. The molecule has 0 aromatic carbocycles. The van der Waals surface area contributed by atoms with Gasteiger partial charge in [-0.3, -0.25) is 0 Å². The van der Waals surface area contributed by atoms with Crippen LogP contribution in [0.1, 0.15) is 13.8 Å². The Kier molecular flexibility index (Phi) is 18.5. The summed E-state index contributed by atoms with van der Waals surface area (Å²) in [6.07, 6.45) is 2.79. The molecule has 0 aromatic rings. The molecule has 0 spiro atoms. The first kappa shape index (κ1) is 21.4. The standard InChI is InChI=1S/C9H16O3.C7H12O2/c1-4-10-5-6-11-7-8-12-9(2)3;1-4-8-5-6-9-7(2)3/h4H,1-2,5-8H2,3H3;4H,1-2,5-6H2,3H3. The van der Waals surface area contributed by atoms with E-state index in [2.05, 4.69) is 26.3 Å². The second-order valence-electron chi connectivity index (χ2n) is 3.79. The van der Waals surface area contributed by atoms with Crippen LogP contribution in [0.4, 0.5) is 0 Å². The van der Waals surface area contributed by atoms with Crippen molar-refractivity contribution in [1.29, 1.82) is 0 Å². The molecular formula is C16H28O5. The summed E-state index contributed by atoms with van der Waals surface area (Å²) in [6, 6.07) is 0. The lowest BCUT2D eigenvalue weighted by Crippen LogP contribution is -2.07. The van der Waals surface area contributed by atoms with Gasteiger partial charge >= 0.3 is 0 Å². The molecule has 0 fully saturated rings. The Morgan fingerprint density at radius 1 is 0.714 bits per heavy atom. The SMILES string of the molecule is C=COCCOC(=C)C.C=COCCOCCOC(=C)C. The van der Waals surface area contributed by atoms with E-state index in [9.17, 15) is 0 Å². The third-order valence-electron chi connectivity index (χ3n) is 1.71. The predicted molar refractivity (Wildman–Crippen MR) is 84.6 cm³/mol. The van der Waals surface area contributed by atoms with Crippen LogP contribution in [-0.4, -0.2) is 39.6 Å². The van der Waals surface area contributed by atoms with Crippen LogP contribution in [0, 0.1) is 0 Å². The molecule has 0 heterocycles. The quantitative estimate of drug-likeness (QED) is 0.385. The van der Waals surface area contributed by atoms with Crippen LogP contribution in [0.15, 0.2) is 50.4 Å². The lowest BCUT2D eigenvalue weighted by atomic mass is 10.6. The van der Waals surface area contributed by atoms with Gasteiger partial charge < -0.3 is 23.7 Å². The van der Waals surface area contributed by atoms with E-state index < -0.39 is 0 Å². The van der Waals surface area contributed by atoms with Gasteiger partial charge in [0.15, 0.2) is 0 Å². The Labute approximate surface area is 128 Å². The topological polar surface area (TPSA) is 46.2 Å². The fourth-order valence-electron chi connectivity index (χ4n) is 0.915. The summed E-state index contributed by atoms with van der Waals surface area (Å²) >= 11 is 0. The van der Waals surface area contributed by atoms with Gasteiger partial charge in [-0.05, 0) is 13.8 Å². The molecule has 0 aliphatic carbocycles. The predicted octanol–water partition coefficient (Wildman–Crippen LogP) is 3.41. The highest BCUT2D eigenvalue weighted by Gasteiger charge is 1.88. The van der Waals surface area contributed by atoms with E-state index in [1.807, 2.05) is 0 Å². The second kappa shape index (κ2) is 18.1. The molecular weight excluding hydrogens is 272 g/mol. The minimum absolute atomic E-state index is 0.538. The molecule has 0 bridgehead atoms. The summed E-state index contributed by atoms with van der Waals surface area (Å²) in [5, 5.41) is 0. The third kappa shape index (κ3) is 27.4. The monoisotopic (exact) mass is 300 g/mol. The molecule has 0 amide bonds. The summed E-state index contributed by atoms with van der Waals surface area (Å²) in [6.45, 7) is 20.8. The highest BCUT2D eigenvalue weighted by atomic mass is 16.5. The van der Waals surface area contributed by atoms with Crippen LogP contribution in [0.2, 0.25) is 0 Å². The van der Waals surface area contributed by atoms with Gasteiger partial charge in [-0.15, -0.1) is 0 Å². The number of hydrogen-bond acceptors (Lipinski definition) is 5. The third-order valence-corrected chi connectivity index (χ3v) is 1.71. The Balaban J connectivity index is 0. The van der Waals surface area contributed by atoms with Gasteiger partial charge in [0.1, 0.15) is 26.4 Å². The van der Waals surface area contributed by atoms with E-state index in [-0.39, 0.29) is 0 Å². The molecule has 5 nitrogen and oxygen atoms in total. The normalized spacial score (nSPS) is 8.67. The van der Waals surface area contributed by atoms with Gasteiger partial charge in [0, 0.05) is 0 Å². The number of rotatable bonds is 13. The summed E-state index contributed by atoms with van der Waals surface area (Å²) in [4.78, 5) is 0. The van der Waals surface area contributed by atoms with E-state index >= 15 is 0 Å². The van der Waals surface area contributed by atoms with Gasteiger partial charge in [0.2, 0.25) is 0 Å². The summed E-state index contributed by atoms with van der Waals surface area (Å²) < 4.78 is 24.8. The molecule has 0 radical (unpaired) electrons. The number of allylic oxidation sites excluding steroid dienone is 2. The van der Waals surface area contributed by atoms with Crippen molar-refractivity contribution >= 4 is 0 Å². The van der Waals surface area contributed by atoms with Gasteiger partial charge in [0.25, 0.3) is 0 Å². The fourth-order valence-corrected chi connectivity index (χ4v) is 0.915. The van der Waals surface area contributed by atoms with Crippen molar-refractivity contribution in [3.05, 3.63) is 50.4 Å². The average molecular weight is 300 g/mol. The molecule has 0 aliphatic rings. The van der Waals surface area contributed by atoms with Gasteiger partial charge in [0.05, 0.1) is 37.3 Å². The maximum atomic E-state index is 5.15. The first-order valence-corrected chi connectivity index (χ1v) is 6.64. The minimum Gasteiger partial charge on any atom is -0.499 e. The van der Waals surface area contributed by atoms with E-state index in [1.54, 1.807) is 13.8 Å². The first-order valence-electron chi connectivity index (χ1n) is 6.64. The first-order chi connectivity index (χ1) is 10.0. The Hall–Kier alpha value is -1.88. The zero-order valence-electron chi connectivity index (χ0n) is 13.3. The molecule has 0 N–H and O–H groups in total. The largest absolute Gasteiger partial charge is 0.499 e. The van der Waals surface area contributed by atoms with Crippen molar-refractivity contribution in [2.75, 3.05) is 39.6 Å².